The number of fused-ring (bicyclic) bond motifs is 1. The number of carboxylic acids is 4. The van der Waals surface area contributed by atoms with E-state index in [1.807, 2.05) is 0 Å². The van der Waals surface area contributed by atoms with Crippen molar-refractivity contribution in [3.63, 3.8) is 0 Å². The van der Waals surface area contributed by atoms with Gasteiger partial charge in [-0.1, -0.05) is 18.9 Å². The Hall–Kier alpha value is -4.62. The number of rotatable bonds is 7. The van der Waals surface area contributed by atoms with E-state index >= 15 is 0 Å². The van der Waals surface area contributed by atoms with Crippen molar-refractivity contribution in [2.75, 3.05) is 13.2 Å². The Labute approximate surface area is 234 Å². The van der Waals surface area contributed by atoms with Gasteiger partial charge in [-0.15, -0.1) is 0 Å². The summed E-state index contributed by atoms with van der Waals surface area (Å²) in [7, 11) is 0. The second-order valence-corrected chi connectivity index (χ2v) is 8.77. The lowest BCUT2D eigenvalue weighted by atomic mass is 9.81. The Morgan fingerprint density at radius 3 is 1.24 bits per heavy atom. The number of aliphatic hydroxyl groups is 2. The van der Waals surface area contributed by atoms with Gasteiger partial charge in [0.2, 0.25) is 0 Å². The monoisotopic (exact) mass is 576 g/mol. The van der Waals surface area contributed by atoms with E-state index in [0.29, 0.717) is 0 Å². The molecule has 41 heavy (non-hydrogen) atoms. The lowest BCUT2D eigenvalue weighted by Crippen LogP contribution is -2.21. The molecule has 0 amide bonds. The van der Waals surface area contributed by atoms with Crippen LogP contribution in [-0.2, 0) is 14.3 Å². The quantitative estimate of drug-likeness (QED) is 0.158. The van der Waals surface area contributed by atoms with Gasteiger partial charge in [-0.25, -0.2) is 19.2 Å². The van der Waals surface area contributed by atoms with Crippen LogP contribution in [0.15, 0.2) is 48.5 Å². The highest BCUT2D eigenvalue weighted by atomic mass is 16.6. The molecule has 222 valence electrons. The maximum absolute atomic E-state index is 11.0. The molecule has 1 heterocycles. The number of aromatic carboxylic acids is 4. The zero-order valence-corrected chi connectivity index (χ0v) is 22.0. The second-order valence-electron chi connectivity index (χ2n) is 8.77. The molecule has 13 heteroatoms. The van der Waals surface area contributed by atoms with Crippen LogP contribution in [0.1, 0.15) is 80.0 Å². The highest BCUT2D eigenvalue weighted by Gasteiger charge is 2.44. The molecule has 2 unspecified atom stereocenters. The van der Waals surface area contributed by atoms with E-state index in [9.17, 15) is 28.8 Å². The van der Waals surface area contributed by atoms with Crippen molar-refractivity contribution in [3.8, 4) is 0 Å². The van der Waals surface area contributed by atoms with Gasteiger partial charge in [-0.2, -0.15) is 0 Å². The summed E-state index contributed by atoms with van der Waals surface area (Å²) in [6.07, 6.45) is 5.24. The minimum Gasteiger partial charge on any atom is -0.478 e. The first-order valence-corrected chi connectivity index (χ1v) is 12.5. The van der Waals surface area contributed by atoms with Crippen molar-refractivity contribution >= 4 is 35.8 Å². The molecule has 2 aromatic carbocycles. The number of esters is 2. The van der Waals surface area contributed by atoms with Gasteiger partial charge in [-0.05, 0) is 68.1 Å². The van der Waals surface area contributed by atoms with E-state index in [-0.39, 0.29) is 59.2 Å². The predicted molar refractivity (Wildman–Crippen MR) is 141 cm³/mol. The van der Waals surface area contributed by atoms with Crippen LogP contribution < -0.4 is 0 Å². The van der Waals surface area contributed by atoms with Crippen LogP contribution in [0.3, 0.4) is 0 Å². The van der Waals surface area contributed by atoms with Crippen molar-refractivity contribution in [3.05, 3.63) is 70.8 Å². The Balaban J connectivity index is 0.000000281. The fraction of sp³-hybridized carbons (Fsp3) is 0.357. The molecule has 0 spiro atoms. The summed E-state index contributed by atoms with van der Waals surface area (Å²) in [6, 6.07) is 10.2. The first kappa shape index (κ1) is 34.4. The zero-order valence-electron chi connectivity index (χ0n) is 22.0. The molecule has 2 aliphatic rings. The van der Waals surface area contributed by atoms with E-state index in [4.69, 9.17) is 30.6 Å². The number of hydrogen-bond donors (Lipinski definition) is 6. The normalized spacial score (nSPS) is 16.6. The van der Waals surface area contributed by atoms with Crippen molar-refractivity contribution in [2.24, 2.45) is 11.8 Å². The fourth-order valence-electron chi connectivity index (χ4n) is 3.71. The number of hydrogen-bond acceptors (Lipinski definition) is 9. The summed E-state index contributed by atoms with van der Waals surface area (Å²) in [6.45, 7) is 0.390. The third-order valence-corrected chi connectivity index (χ3v) is 5.87. The summed E-state index contributed by atoms with van der Waals surface area (Å²) in [4.78, 5) is 63.4. The number of aliphatic hydroxyl groups excluding tert-OH is 2. The number of carboxylic acid groups (broad SMARTS) is 4. The van der Waals surface area contributed by atoms with Gasteiger partial charge in [0, 0.05) is 13.2 Å². The van der Waals surface area contributed by atoms with Crippen LogP contribution in [0.2, 0.25) is 0 Å². The minimum atomic E-state index is -1.13. The summed E-state index contributed by atoms with van der Waals surface area (Å²) in [5, 5.41) is 50.1. The summed E-state index contributed by atoms with van der Waals surface area (Å²) in [5.41, 5.74) is 0.129. The van der Waals surface area contributed by atoms with Crippen molar-refractivity contribution in [1.82, 2.24) is 0 Å². The van der Waals surface area contributed by atoms with E-state index in [0.717, 1.165) is 44.6 Å². The molecule has 2 fully saturated rings. The number of ether oxygens (including phenoxy) is 1. The smallest absolute Gasteiger partial charge is 0.335 e. The molecule has 1 saturated heterocycles. The van der Waals surface area contributed by atoms with Gasteiger partial charge in [0.15, 0.2) is 0 Å². The molecule has 6 N–H and O–H groups in total. The van der Waals surface area contributed by atoms with Crippen molar-refractivity contribution in [1.29, 1.82) is 0 Å². The standard InChI is InChI=1S/2C8H6O4.C8H10O3.C4H10O2/c9-7(10)5-1-2-6(4-3-5)8(11)12;9-7(10)5-2-1-3-6(4-5)8(11)12;9-7-5-3-1-2-4-6(5)8(10)11-7;5-3-1-2-4-6/h2*1-4H,(H,9,10)(H,11,12);5-6H,1-4H2;5-6H,1-4H2. The first-order chi connectivity index (χ1) is 19.4. The zero-order chi connectivity index (χ0) is 30.9. The highest BCUT2D eigenvalue weighted by Crippen LogP contribution is 2.36. The summed E-state index contributed by atoms with van der Waals surface area (Å²) in [5.74, 6) is -5.16. The van der Waals surface area contributed by atoms with Gasteiger partial charge in [0.25, 0.3) is 0 Å². The molecule has 1 saturated carbocycles. The maximum atomic E-state index is 11.0. The SMILES string of the molecule is O=C(O)c1ccc(C(=O)O)cc1.O=C(O)c1cccc(C(=O)O)c1.O=C1OC(=O)C2CCCCC12.OCCCCO. The predicted octanol–water partition coefficient (Wildman–Crippen LogP) is 2.79. The molecule has 1 aliphatic carbocycles. The number of benzene rings is 2. The van der Waals surface area contributed by atoms with Crippen LogP contribution >= 0.6 is 0 Å². The fourth-order valence-corrected chi connectivity index (χ4v) is 3.71. The molecule has 1 aliphatic heterocycles. The Bertz CT molecular complexity index is 1120. The Morgan fingerprint density at radius 1 is 0.610 bits per heavy atom. The molecular weight excluding hydrogens is 544 g/mol. The van der Waals surface area contributed by atoms with E-state index in [1.165, 1.54) is 42.5 Å². The van der Waals surface area contributed by atoms with E-state index < -0.39 is 23.9 Å². The molecular formula is C28H32O13. The van der Waals surface area contributed by atoms with E-state index in [2.05, 4.69) is 4.74 Å². The topological polar surface area (TPSA) is 233 Å². The molecule has 0 radical (unpaired) electrons. The van der Waals surface area contributed by atoms with Gasteiger partial charge >= 0.3 is 35.8 Å². The Morgan fingerprint density at radius 2 is 0.951 bits per heavy atom. The molecule has 0 bridgehead atoms. The van der Waals surface area contributed by atoms with Crippen LogP contribution in [0.25, 0.3) is 0 Å². The Kier molecular flexibility index (Phi) is 15.0. The molecule has 2 atom stereocenters. The molecule has 0 aromatic heterocycles. The van der Waals surface area contributed by atoms with Crippen LogP contribution in [0, 0.1) is 11.8 Å². The second kappa shape index (κ2) is 17.9. The number of cyclic esters (lactones) is 2. The third kappa shape index (κ3) is 12.0. The number of carbonyl (C=O) groups is 6. The van der Waals surface area contributed by atoms with Crippen molar-refractivity contribution in [2.45, 2.75) is 38.5 Å². The average molecular weight is 577 g/mol. The lowest BCUT2D eigenvalue weighted by molar-refractivity contribution is -0.153. The van der Waals surface area contributed by atoms with E-state index in [1.54, 1.807) is 0 Å². The largest absolute Gasteiger partial charge is 0.478 e. The molecule has 13 nitrogen and oxygen atoms in total. The number of carbonyl (C=O) groups excluding carboxylic acids is 2. The van der Waals surface area contributed by atoms with Crippen LogP contribution in [0.4, 0.5) is 0 Å². The van der Waals surface area contributed by atoms with Gasteiger partial charge < -0.3 is 35.4 Å². The summed E-state index contributed by atoms with van der Waals surface area (Å²) >= 11 is 0. The van der Waals surface area contributed by atoms with Crippen LogP contribution in [0.5, 0.6) is 0 Å². The van der Waals surface area contributed by atoms with Gasteiger partial charge in [0.1, 0.15) is 0 Å². The molecule has 4 rings (SSSR count). The first-order valence-electron chi connectivity index (χ1n) is 12.5. The van der Waals surface area contributed by atoms with Gasteiger partial charge in [0.05, 0.1) is 34.1 Å². The highest BCUT2D eigenvalue weighted by molar-refractivity contribution is 5.96. The molecule has 2 aromatic rings. The maximum Gasteiger partial charge on any atom is 0.335 e. The van der Waals surface area contributed by atoms with Gasteiger partial charge in [-0.3, -0.25) is 9.59 Å². The average Bonchev–Trinajstić information content (AvgIpc) is 3.26. The lowest BCUT2D eigenvalue weighted by Gasteiger charge is -2.18. The van der Waals surface area contributed by atoms with Crippen molar-refractivity contribution < 1.29 is 64.1 Å². The minimum absolute atomic E-state index is 0.0186. The van der Waals surface area contributed by atoms with Crippen LogP contribution in [-0.4, -0.2) is 79.7 Å². The number of unbranched alkanes of at least 4 members (excludes halogenated alkanes) is 1. The summed E-state index contributed by atoms with van der Waals surface area (Å²) < 4.78 is 4.53. The third-order valence-electron chi connectivity index (χ3n) is 5.87.